The molecule has 1 aliphatic heterocycles. The normalized spacial score (nSPS) is 15.5. The van der Waals surface area contributed by atoms with E-state index in [1.54, 1.807) is 18.5 Å². The number of carbonyl (C=O) groups is 1. The summed E-state index contributed by atoms with van der Waals surface area (Å²) in [6, 6.07) is 3.73. The van der Waals surface area contributed by atoms with Crippen LogP contribution in [0.3, 0.4) is 0 Å². The average Bonchev–Trinajstić information content (AvgIpc) is 2.71. The minimum atomic E-state index is -4.51. The van der Waals surface area contributed by atoms with Gasteiger partial charge in [-0.25, -0.2) is 9.97 Å². The van der Waals surface area contributed by atoms with Gasteiger partial charge in [-0.05, 0) is 31.2 Å². The SMILES string of the molecule is O=C(NCCCN1CCN(c2ncccn2)CC1)c1ccc(C(F)(F)F)nc1. The molecule has 7 nitrogen and oxygen atoms in total. The quantitative estimate of drug-likeness (QED) is 0.754. The van der Waals surface area contributed by atoms with Crippen molar-refractivity contribution >= 4 is 11.9 Å². The number of nitrogens with zero attached hydrogens (tertiary/aromatic N) is 5. The first-order valence-corrected chi connectivity index (χ1v) is 8.99. The number of halogens is 3. The van der Waals surface area contributed by atoms with Gasteiger partial charge in [0.1, 0.15) is 5.69 Å². The first-order chi connectivity index (χ1) is 13.4. The zero-order valence-corrected chi connectivity index (χ0v) is 15.2. The van der Waals surface area contributed by atoms with E-state index in [-0.39, 0.29) is 5.56 Å². The third kappa shape index (κ3) is 5.38. The summed E-state index contributed by atoms with van der Waals surface area (Å²) >= 11 is 0. The van der Waals surface area contributed by atoms with Gasteiger partial charge in [-0.2, -0.15) is 13.2 Å². The van der Waals surface area contributed by atoms with Crippen LogP contribution >= 0.6 is 0 Å². The molecule has 3 rings (SSSR count). The number of alkyl halides is 3. The van der Waals surface area contributed by atoms with Crippen molar-refractivity contribution in [3.63, 3.8) is 0 Å². The van der Waals surface area contributed by atoms with Gasteiger partial charge in [0, 0.05) is 51.3 Å². The number of anilines is 1. The molecule has 10 heteroatoms. The van der Waals surface area contributed by atoms with E-state index in [9.17, 15) is 18.0 Å². The van der Waals surface area contributed by atoms with Crippen molar-refractivity contribution in [1.29, 1.82) is 0 Å². The summed E-state index contributed by atoms with van der Waals surface area (Å²) in [5.74, 6) is 0.312. The van der Waals surface area contributed by atoms with E-state index in [1.807, 2.05) is 0 Å². The summed E-state index contributed by atoms with van der Waals surface area (Å²) in [4.78, 5) is 28.2. The molecule has 1 saturated heterocycles. The number of carbonyl (C=O) groups excluding carboxylic acids is 1. The van der Waals surface area contributed by atoms with Crippen LogP contribution in [0.2, 0.25) is 0 Å². The summed E-state index contributed by atoms with van der Waals surface area (Å²) < 4.78 is 37.5. The van der Waals surface area contributed by atoms with Crippen LogP contribution in [0.1, 0.15) is 22.5 Å². The Morgan fingerprint density at radius 2 is 1.79 bits per heavy atom. The molecule has 1 amide bonds. The predicted molar refractivity (Wildman–Crippen MR) is 96.9 cm³/mol. The van der Waals surface area contributed by atoms with E-state index >= 15 is 0 Å². The summed E-state index contributed by atoms with van der Waals surface area (Å²) in [5.41, 5.74) is -0.895. The number of rotatable bonds is 6. The first kappa shape index (κ1) is 20.0. The summed E-state index contributed by atoms with van der Waals surface area (Å²) in [6.07, 6.45) is 0.642. The van der Waals surface area contributed by atoms with E-state index in [2.05, 4.69) is 30.1 Å². The molecule has 2 aromatic rings. The maximum atomic E-state index is 12.5. The topological polar surface area (TPSA) is 74.2 Å². The van der Waals surface area contributed by atoms with Crippen molar-refractivity contribution in [2.24, 2.45) is 0 Å². The molecule has 0 radical (unpaired) electrons. The number of hydrogen-bond acceptors (Lipinski definition) is 6. The molecule has 0 atom stereocenters. The van der Waals surface area contributed by atoms with E-state index in [4.69, 9.17) is 0 Å². The monoisotopic (exact) mass is 394 g/mol. The number of piperazine rings is 1. The Balaban J connectivity index is 1.35. The third-order valence-electron chi connectivity index (χ3n) is 4.46. The molecule has 150 valence electrons. The van der Waals surface area contributed by atoms with Gasteiger partial charge >= 0.3 is 6.18 Å². The standard InChI is InChI=1S/C18H21F3N6O/c19-18(20,21)15-4-3-14(13-25-15)16(28)22-7-2-8-26-9-11-27(12-10-26)17-23-5-1-6-24-17/h1,3-6,13H,2,7-12H2,(H,22,28). The van der Waals surface area contributed by atoms with Crippen molar-refractivity contribution in [1.82, 2.24) is 25.2 Å². The average molecular weight is 394 g/mol. The van der Waals surface area contributed by atoms with Crippen LogP contribution < -0.4 is 10.2 Å². The second-order valence-electron chi connectivity index (χ2n) is 6.42. The third-order valence-corrected chi connectivity index (χ3v) is 4.46. The van der Waals surface area contributed by atoms with Crippen molar-refractivity contribution < 1.29 is 18.0 Å². The Kier molecular flexibility index (Phi) is 6.40. The van der Waals surface area contributed by atoms with E-state index in [0.717, 1.165) is 63.4 Å². The molecule has 1 N–H and O–H groups in total. The molecule has 1 fully saturated rings. The molecular weight excluding hydrogens is 373 g/mol. The first-order valence-electron chi connectivity index (χ1n) is 8.99. The molecule has 0 spiro atoms. The zero-order valence-electron chi connectivity index (χ0n) is 15.2. The summed E-state index contributed by atoms with van der Waals surface area (Å²) in [7, 11) is 0. The van der Waals surface area contributed by atoms with Crippen LogP contribution in [0, 0.1) is 0 Å². The highest BCUT2D eigenvalue weighted by Gasteiger charge is 2.32. The number of pyridine rings is 1. The molecule has 1 aliphatic rings. The van der Waals surface area contributed by atoms with E-state index in [0.29, 0.717) is 6.54 Å². The van der Waals surface area contributed by atoms with Gasteiger partial charge in [0.25, 0.3) is 5.91 Å². The lowest BCUT2D eigenvalue weighted by Crippen LogP contribution is -2.47. The Morgan fingerprint density at radius 1 is 1.07 bits per heavy atom. The molecule has 3 heterocycles. The second-order valence-corrected chi connectivity index (χ2v) is 6.42. The molecule has 0 aliphatic carbocycles. The number of hydrogen-bond donors (Lipinski definition) is 1. The molecule has 28 heavy (non-hydrogen) atoms. The summed E-state index contributed by atoms with van der Waals surface area (Å²) in [5, 5.41) is 2.71. The Morgan fingerprint density at radius 3 is 2.39 bits per heavy atom. The highest BCUT2D eigenvalue weighted by atomic mass is 19.4. The minimum absolute atomic E-state index is 0.115. The lowest BCUT2D eigenvalue weighted by atomic mass is 10.2. The largest absolute Gasteiger partial charge is 0.433 e. The van der Waals surface area contributed by atoms with Crippen LogP contribution in [0.4, 0.5) is 19.1 Å². The maximum absolute atomic E-state index is 12.5. The Labute approximate surface area is 160 Å². The highest BCUT2D eigenvalue weighted by molar-refractivity contribution is 5.93. The molecule has 2 aromatic heterocycles. The number of nitrogens with one attached hydrogen (secondary N) is 1. The Bertz CT molecular complexity index is 761. The fourth-order valence-electron chi connectivity index (χ4n) is 2.93. The lowest BCUT2D eigenvalue weighted by molar-refractivity contribution is -0.141. The highest BCUT2D eigenvalue weighted by Crippen LogP contribution is 2.27. The van der Waals surface area contributed by atoms with Crippen LogP contribution in [0.5, 0.6) is 0 Å². The van der Waals surface area contributed by atoms with Crippen LogP contribution in [-0.4, -0.2) is 65.0 Å². The van der Waals surface area contributed by atoms with Crippen molar-refractivity contribution in [3.05, 3.63) is 48.0 Å². The number of aromatic nitrogens is 3. The van der Waals surface area contributed by atoms with Gasteiger partial charge in [-0.1, -0.05) is 0 Å². The zero-order chi connectivity index (χ0) is 20.0. The van der Waals surface area contributed by atoms with Crippen LogP contribution in [0.25, 0.3) is 0 Å². The smallest absolute Gasteiger partial charge is 0.352 e. The van der Waals surface area contributed by atoms with Crippen molar-refractivity contribution in [2.45, 2.75) is 12.6 Å². The maximum Gasteiger partial charge on any atom is 0.433 e. The molecule has 0 unspecified atom stereocenters. The van der Waals surface area contributed by atoms with Crippen LogP contribution in [0.15, 0.2) is 36.8 Å². The van der Waals surface area contributed by atoms with Gasteiger partial charge in [0.05, 0.1) is 5.56 Å². The Hall–Kier alpha value is -2.75. The predicted octanol–water partition coefficient (Wildman–Crippen LogP) is 1.83. The van der Waals surface area contributed by atoms with Crippen molar-refractivity contribution in [2.75, 3.05) is 44.2 Å². The molecule has 0 bridgehead atoms. The van der Waals surface area contributed by atoms with E-state index in [1.165, 1.54) is 0 Å². The van der Waals surface area contributed by atoms with Gasteiger partial charge in [-0.3, -0.25) is 14.7 Å². The van der Waals surface area contributed by atoms with Gasteiger partial charge in [0.2, 0.25) is 5.95 Å². The number of amides is 1. The summed E-state index contributed by atoms with van der Waals surface area (Å²) in [6.45, 7) is 4.72. The molecular formula is C18H21F3N6O. The fraction of sp³-hybridized carbons (Fsp3) is 0.444. The van der Waals surface area contributed by atoms with Crippen molar-refractivity contribution in [3.8, 4) is 0 Å². The van der Waals surface area contributed by atoms with Gasteiger partial charge < -0.3 is 10.2 Å². The van der Waals surface area contributed by atoms with Gasteiger partial charge in [0.15, 0.2) is 0 Å². The lowest BCUT2D eigenvalue weighted by Gasteiger charge is -2.34. The minimum Gasteiger partial charge on any atom is -0.352 e. The van der Waals surface area contributed by atoms with E-state index < -0.39 is 17.8 Å². The molecule has 0 aromatic carbocycles. The molecule has 0 saturated carbocycles. The second kappa shape index (κ2) is 8.96. The van der Waals surface area contributed by atoms with Gasteiger partial charge in [-0.15, -0.1) is 0 Å². The van der Waals surface area contributed by atoms with Crippen LogP contribution in [-0.2, 0) is 6.18 Å². The fourth-order valence-corrected chi connectivity index (χ4v) is 2.93.